The number of hydrogen-bond donors (Lipinski definition) is 3. The topological polar surface area (TPSA) is 95.9 Å². The van der Waals surface area contributed by atoms with Gasteiger partial charge in [0.2, 0.25) is 11.7 Å². The largest absolute Gasteiger partial charge is 0.474 e. The van der Waals surface area contributed by atoms with Crippen LogP contribution in [0.15, 0.2) is 5.76 Å². The van der Waals surface area contributed by atoms with E-state index in [9.17, 15) is 19.8 Å². The molecule has 6 nitrogen and oxygen atoms in total. The quantitative estimate of drug-likeness (QED) is 0.482. The lowest BCUT2D eigenvalue weighted by Crippen LogP contribution is -2.76. The maximum atomic E-state index is 12.6. The number of ether oxygens (including phenoxy) is 1. The predicted octanol–water partition coefficient (Wildman–Crippen LogP) is 1.12. The van der Waals surface area contributed by atoms with Crippen molar-refractivity contribution in [2.45, 2.75) is 67.8 Å². The van der Waals surface area contributed by atoms with Gasteiger partial charge >= 0.3 is 0 Å². The smallest absolute Gasteiger partial charge is 0.228 e. The van der Waals surface area contributed by atoms with Crippen LogP contribution in [0, 0.1) is 11.8 Å². The molecule has 8 heteroatoms. The van der Waals surface area contributed by atoms with Gasteiger partial charge in [-0.1, -0.05) is 6.42 Å². The summed E-state index contributed by atoms with van der Waals surface area (Å²) in [6.45, 7) is 1.71. The highest BCUT2D eigenvalue weighted by Gasteiger charge is 2.77. The number of amides is 1. The average molecular weight is 392 g/mol. The van der Waals surface area contributed by atoms with Crippen molar-refractivity contribution in [1.29, 1.82) is 0 Å². The van der Waals surface area contributed by atoms with Crippen LogP contribution in [0.3, 0.4) is 0 Å². The molecule has 0 aromatic rings. The second kappa shape index (κ2) is 6.75. The van der Waals surface area contributed by atoms with Crippen molar-refractivity contribution in [3.63, 3.8) is 0 Å². The first-order chi connectivity index (χ1) is 11.8. The third-order valence-corrected chi connectivity index (χ3v) is 6.90. The van der Waals surface area contributed by atoms with Gasteiger partial charge in [0, 0.05) is 11.8 Å². The lowest BCUT2D eigenvalue weighted by Gasteiger charge is -2.57. The van der Waals surface area contributed by atoms with E-state index in [-0.39, 0.29) is 11.7 Å². The molecule has 0 bridgehead atoms. The third-order valence-electron chi connectivity index (χ3n) is 6.15. The van der Waals surface area contributed by atoms with Gasteiger partial charge in [-0.25, -0.2) is 4.79 Å². The summed E-state index contributed by atoms with van der Waals surface area (Å²) >= 11 is 11.9. The summed E-state index contributed by atoms with van der Waals surface area (Å²) in [5, 5.41) is 23.9. The molecule has 1 amide bonds. The number of rotatable bonds is 5. The Bertz CT molecular complexity index is 610. The molecule has 3 N–H and O–H groups in total. The van der Waals surface area contributed by atoms with Crippen LogP contribution in [0.25, 0.3) is 0 Å². The van der Waals surface area contributed by atoms with E-state index < -0.39 is 40.6 Å². The summed E-state index contributed by atoms with van der Waals surface area (Å²) in [4.78, 5) is 23.9. The average Bonchev–Trinajstić information content (AvgIpc) is 2.74. The van der Waals surface area contributed by atoms with Crippen LogP contribution >= 0.6 is 23.2 Å². The molecule has 2 aliphatic heterocycles. The number of halogens is 2. The molecule has 7 atom stereocenters. The van der Waals surface area contributed by atoms with Gasteiger partial charge in [0.25, 0.3) is 0 Å². The lowest BCUT2D eigenvalue weighted by atomic mass is 9.62. The van der Waals surface area contributed by atoms with Crippen LogP contribution in [-0.2, 0) is 14.3 Å². The van der Waals surface area contributed by atoms with Crippen molar-refractivity contribution in [2.24, 2.45) is 11.8 Å². The first-order valence-electron chi connectivity index (χ1n) is 8.66. The molecular weight excluding hydrogens is 369 g/mol. The molecule has 0 aromatic heterocycles. The number of fused-ring (bicyclic) bond motifs is 1. The fourth-order valence-electron chi connectivity index (χ4n) is 4.73. The molecule has 3 aliphatic rings. The Kier molecular flexibility index (Phi) is 5.13. The summed E-state index contributed by atoms with van der Waals surface area (Å²) in [5.74, 6) is 0.613. The number of nitrogens with one attached hydrogen (secondary N) is 1. The minimum atomic E-state index is -1.37. The Hall–Kier alpha value is -0.780. The van der Waals surface area contributed by atoms with Crippen molar-refractivity contribution in [3.8, 4) is 0 Å². The molecule has 1 aliphatic carbocycles. The Morgan fingerprint density at radius 3 is 2.84 bits per heavy atom. The molecule has 0 unspecified atom stereocenters. The summed E-state index contributed by atoms with van der Waals surface area (Å²) in [5.41, 5.74) is -2.45. The molecule has 2 saturated heterocycles. The highest BCUT2D eigenvalue weighted by molar-refractivity contribution is 6.21. The van der Waals surface area contributed by atoms with E-state index in [0.717, 1.165) is 6.42 Å². The highest BCUT2D eigenvalue weighted by Crippen LogP contribution is 2.58. The minimum absolute atomic E-state index is 0.117. The SMILES string of the molecule is C[C@@]12OC(=C=O)[C@]1([C@@H](O)[C@H]1CCC[C@H](Cl)[C@H]1O)NC(=O)[C@@H]2CCCCl. The summed E-state index contributed by atoms with van der Waals surface area (Å²) in [6, 6.07) is 0. The second-order valence-electron chi connectivity index (χ2n) is 7.37. The fourth-order valence-corrected chi connectivity index (χ4v) is 5.22. The Labute approximate surface area is 156 Å². The summed E-state index contributed by atoms with van der Waals surface area (Å²) in [7, 11) is 0. The molecule has 0 aromatic carbocycles. The molecule has 2 heterocycles. The van der Waals surface area contributed by atoms with E-state index in [0.29, 0.717) is 31.6 Å². The van der Waals surface area contributed by atoms with Crippen LogP contribution < -0.4 is 5.32 Å². The van der Waals surface area contributed by atoms with E-state index in [1.807, 2.05) is 0 Å². The van der Waals surface area contributed by atoms with E-state index in [1.54, 1.807) is 12.9 Å². The molecule has 3 rings (SSSR count). The number of alkyl halides is 2. The molecule has 0 spiro atoms. The number of carbonyl (C=O) groups excluding carboxylic acids is 2. The molecule has 3 fully saturated rings. The number of hydrogen-bond acceptors (Lipinski definition) is 5. The van der Waals surface area contributed by atoms with Gasteiger partial charge in [-0.3, -0.25) is 4.79 Å². The van der Waals surface area contributed by atoms with Gasteiger partial charge in [0.15, 0.2) is 17.1 Å². The monoisotopic (exact) mass is 391 g/mol. The van der Waals surface area contributed by atoms with Crippen LogP contribution in [0.5, 0.6) is 0 Å². The normalized spacial score (nSPS) is 44.2. The zero-order valence-electron chi connectivity index (χ0n) is 14.0. The standard InChI is InChI=1S/C17H23Cl2NO5/c1-16-10(5-3-7-18)15(24)20-17(16,12(8-21)25-16)14(23)9-4-2-6-11(19)13(9)22/h9-11,13-14,22-23H,2-7H2,1H3,(H,20,24)/t9-,10-,11-,13-,14-,16-,17+/m0/s1. The van der Waals surface area contributed by atoms with Gasteiger partial charge in [0.05, 0.1) is 23.5 Å². The van der Waals surface area contributed by atoms with Crippen LogP contribution in [0.1, 0.15) is 39.0 Å². The number of aliphatic hydroxyl groups excluding tert-OH is 2. The summed E-state index contributed by atoms with van der Waals surface area (Å²) in [6.07, 6.45) is 0.953. The molecule has 1 saturated carbocycles. The number of carbonyl (C=O) groups is 1. The molecular formula is C17H23Cl2NO5. The van der Waals surface area contributed by atoms with Crippen molar-refractivity contribution >= 4 is 35.1 Å². The van der Waals surface area contributed by atoms with E-state index in [1.165, 1.54) is 0 Å². The fraction of sp³-hybridized carbons (Fsp3) is 0.824. The van der Waals surface area contributed by atoms with E-state index >= 15 is 0 Å². The van der Waals surface area contributed by atoms with Gasteiger partial charge < -0.3 is 20.3 Å². The highest BCUT2D eigenvalue weighted by atomic mass is 35.5. The first kappa shape index (κ1) is 19.0. The zero-order chi connectivity index (χ0) is 18.4. The van der Waals surface area contributed by atoms with Gasteiger partial charge in [-0.15, -0.1) is 23.2 Å². The third kappa shape index (κ3) is 2.54. The lowest BCUT2D eigenvalue weighted by molar-refractivity contribution is -0.211. The van der Waals surface area contributed by atoms with Gasteiger partial charge in [0.1, 0.15) is 0 Å². The predicted molar refractivity (Wildman–Crippen MR) is 92.0 cm³/mol. The first-order valence-corrected chi connectivity index (χ1v) is 9.63. The van der Waals surface area contributed by atoms with Crippen molar-refractivity contribution in [2.75, 3.05) is 5.88 Å². The maximum absolute atomic E-state index is 12.6. The van der Waals surface area contributed by atoms with Crippen molar-refractivity contribution in [1.82, 2.24) is 5.32 Å². The van der Waals surface area contributed by atoms with Crippen LogP contribution in [-0.4, -0.2) is 56.7 Å². The van der Waals surface area contributed by atoms with Crippen LogP contribution in [0.4, 0.5) is 0 Å². The number of aliphatic hydroxyl groups is 2. The van der Waals surface area contributed by atoms with Crippen molar-refractivity contribution < 1.29 is 24.5 Å². The molecule has 0 radical (unpaired) electrons. The second-order valence-corrected chi connectivity index (χ2v) is 8.31. The minimum Gasteiger partial charge on any atom is -0.474 e. The van der Waals surface area contributed by atoms with E-state index in [4.69, 9.17) is 27.9 Å². The Morgan fingerprint density at radius 2 is 2.20 bits per heavy atom. The zero-order valence-corrected chi connectivity index (χ0v) is 15.5. The Morgan fingerprint density at radius 1 is 1.48 bits per heavy atom. The molecule has 140 valence electrons. The van der Waals surface area contributed by atoms with E-state index in [2.05, 4.69) is 5.32 Å². The maximum Gasteiger partial charge on any atom is 0.228 e. The Balaban J connectivity index is 1.96. The van der Waals surface area contributed by atoms with Crippen LogP contribution in [0.2, 0.25) is 0 Å². The van der Waals surface area contributed by atoms with Gasteiger partial charge in [-0.05, 0) is 32.6 Å². The summed E-state index contributed by atoms with van der Waals surface area (Å²) < 4.78 is 5.65. The molecule has 25 heavy (non-hydrogen) atoms. The van der Waals surface area contributed by atoms with Gasteiger partial charge in [-0.2, -0.15) is 0 Å². The van der Waals surface area contributed by atoms with Crippen molar-refractivity contribution in [3.05, 3.63) is 5.76 Å².